The Morgan fingerprint density at radius 2 is 2.12 bits per heavy atom. The second-order valence-electron chi connectivity index (χ2n) is 6.39. The van der Waals surface area contributed by atoms with Crippen molar-refractivity contribution in [3.8, 4) is 11.5 Å². The predicted octanol–water partition coefficient (Wildman–Crippen LogP) is 2.71. The maximum absolute atomic E-state index is 6.28. The molecule has 4 rings (SSSR count). The fourth-order valence-electron chi connectivity index (χ4n) is 3.61. The Hall–Kier alpha value is -0.930. The van der Waals surface area contributed by atoms with E-state index in [0.717, 1.165) is 24.4 Å². The Labute approximate surface area is 169 Å². The van der Waals surface area contributed by atoms with Crippen LogP contribution in [0.3, 0.4) is 0 Å². The Kier molecular flexibility index (Phi) is 6.17. The van der Waals surface area contributed by atoms with Crippen LogP contribution in [0.15, 0.2) is 17.1 Å². The van der Waals surface area contributed by atoms with Gasteiger partial charge in [-0.3, -0.25) is 4.99 Å². The second-order valence-corrected chi connectivity index (χ2v) is 6.80. The summed E-state index contributed by atoms with van der Waals surface area (Å²) in [5.74, 6) is 2.12. The van der Waals surface area contributed by atoms with Gasteiger partial charge in [0.1, 0.15) is 13.2 Å². The number of benzene rings is 1. The molecule has 1 aromatic carbocycles. The number of aliphatic imine (C=N–C) groups is 1. The molecule has 138 valence electrons. The van der Waals surface area contributed by atoms with Crippen LogP contribution in [0.25, 0.3) is 0 Å². The first kappa shape index (κ1) is 18.8. The number of ether oxygens (including phenoxy) is 3. The highest BCUT2D eigenvalue weighted by Gasteiger charge is 2.41. The van der Waals surface area contributed by atoms with Crippen molar-refractivity contribution in [1.82, 2.24) is 10.6 Å². The highest BCUT2D eigenvalue weighted by molar-refractivity contribution is 14.0. The molecule has 3 heterocycles. The smallest absolute Gasteiger partial charge is 0.191 e. The number of halogens is 2. The largest absolute Gasteiger partial charge is 0.486 e. The second kappa shape index (κ2) is 8.18. The van der Waals surface area contributed by atoms with Crippen molar-refractivity contribution in [3.05, 3.63) is 22.7 Å². The highest BCUT2D eigenvalue weighted by Crippen LogP contribution is 2.38. The number of guanidine groups is 1. The summed E-state index contributed by atoms with van der Waals surface area (Å²) in [7, 11) is 1.78. The van der Waals surface area contributed by atoms with E-state index in [1.807, 2.05) is 12.1 Å². The van der Waals surface area contributed by atoms with Crippen LogP contribution in [-0.4, -0.2) is 44.5 Å². The van der Waals surface area contributed by atoms with Gasteiger partial charge in [0.2, 0.25) is 0 Å². The van der Waals surface area contributed by atoms with Crippen molar-refractivity contribution in [3.63, 3.8) is 0 Å². The zero-order valence-electron chi connectivity index (χ0n) is 14.1. The molecule has 3 aliphatic heterocycles. The number of rotatable bonds is 3. The van der Waals surface area contributed by atoms with Crippen molar-refractivity contribution >= 4 is 41.5 Å². The normalized spacial score (nSPS) is 27.0. The summed E-state index contributed by atoms with van der Waals surface area (Å²) in [6.45, 7) is 1.69. The summed E-state index contributed by atoms with van der Waals surface area (Å²) in [4.78, 5) is 4.31. The highest BCUT2D eigenvalue weighted by atomic mass is 127. The lowest BCUT2D eigenvalue weighted by Gasteiger charge is -2.23. The Morgan fingerprint density at radius 3 is 2.84 bits per heavy atom. The van der Waals surface area contributed by atoms with E-state index in [1.165, 1.54) is 6.42 Å². The summed E-state index contributed by atoms with van der Waals surface area (Å²) >= 11 is 6.28. The van der Waals surface area contributed by atoms with Gasteiger partial charge in [-0.15, -0.1) is 24.0 Å². The quantitative estimate of drug-likeness (QED) is 0.397. The SMILES string of the molecule is CN=C(NCc1cc(Cl)c2c(c1)OCCO2)NC1CC2CCC1O2.I. The van der Waals surface area contributed by atoms with Gasteiger partial charge in [0.05, 0.1) is 23.3 Å². The van der Waals surface area contributed by atoms with Gasteiger partial charge in [0.15, 0.2) is 17.5 Å². The molecule has 25 heavy (non-hydrogen) atoms. The number of nitrogens with zero attached hydrogens (tertiary/aromatic N) is 1. The van der Waals surface area contributed by atoms with Crippen LogP contribution < -0.4 is 20.1 Å². The van der Waals surface area contributed by atoms with E-state index >= 15 is 0 Å². The monoisotopic (exact) mass is 479 g/mol. The third-order valence-electron chi connectivity index (χ3n) is 4.77. The van der Waals surface area contributed by atoms with Crippen LogP contribution in [-0.2, 0) is 11.3 Å². The van der Waals surface area contributed by atoms with E-state index in [9.17, 15) is 0 Å². The van der Waals surface area contributed by atoms with Crippen LogP contribution in [0.5, 0.6) is 11.5 Å². The molecule has 2 fully saturated rings. The lowest BCUT2D eigenvalue weighted by molar-refractivity contribution is 0.0992. The topological polar surface area (TPSA) is 64.1 Å². The minimum absolute atomic E-state index is 0. The zero-order valence-corrected chi connectivity index (χ0v) is 17.2. The average molecular weight is 480 g/mol. The molecule has 2 saturated heterocycles. The Balaban J connectivity index is 0.00000182. The first-order valence-electron chi connectivity index (χ1n) is 8.43. The number of nitrogens with one attached hydrogen (secondary N) is 2. The maximum atomic E-state index is 6.28. The van der Waals surface area contributed by atoms with Gasteiger partial charge in [0, 0.05) is 13.6 Å². The van der Waals surface area contributed by atoms with Gasteiger partial charge in [-0.2, -0.15) is 0 Å². The molecular formula is C17H23ClIN3O3. The zero-order chi connectivity index (χ0) is 16.5. The first-order valence-corrected chi connectivity index (χ1v) is 8.81. The first-order chi connectivity index (χ1) is 11.7. The lowest BCUT2D eigenvalue weighted by atomic mass is 9.96. The lowest BCUT2D eigenvalue weighted by Crippen LogP contribution is -2.47. The van der Waals surface area contributed by atoms with E-state index in [4.69, 9.17) is 25.8 Å². The minimum atomic E-state index is 0. The van der Waals surface area contributed by atoms with E-state index in [2.05, 4.69) is 15.6 Å². The van der Waals surface area contributed by atoms with Gasteiger partial charge in [0.25, 0.3) is 0 Å². The molecule has 3 unspecified atom stereocenters. The molecule has 0 amide bonds. The van der Waals surface area contributed by atoms with Crippen molar-refractivity contribution in [2.75, 3.05) is 20.3 Å². The standard InChI is InChI=1S/C17H22ClN3O3.HI/c1-19-17(21-13-8-11-2-3-14(13)24-11)20-9-10-6-12(18)16-15(7-10)22-4-5-23-16;/h6-7,11,13-14H,2-5,8-9H2,1H3,(H2,19,20,21);1H. The van der Waals surface area contributed by atoms with Crippen molar-refractivity contribution in [2.24, 2.45) is 4.99 Å². The molecular weight excluding hydrogens is 457 g/mol. The van der Waals surface area contributed by atoms with Gasteiger partial charge in [-0.05, 0) is 37.0 Å². The Morgan fingerprint density at radius 1 is 1.28 bits per heavy atom. The average Bonchev–Trinajstić information content (AvgIpc) is 3.21. The van der Waals surface area contributed by atoms with Gasteiger partial charge < -0.3 is 24.8 Å². The van der Waals surface area contributed by atoms with Crippen LogP contribution >= 0.6 is 35.6 Å². The van der Waals surface area contributed by atoms with E-state index < -0.39 is 0 Å². The summed E-state index contributed by atoms with van der Waals surface area (Å²) < 4.78 is 17.0. The van der Waals surface area contributed by atoms with E-state index in [-0.39, 0.29) is 24.0 Å². The summed E-state index contributed by atoms with van der Waals surface area (Å²) in [5, 5.41) is 7.38. The molecule has 3 aliphatic rings. The van der Waals surface area contributed by atoms with Gasteiger partial charge >= 0.3 is 0 Å². The van der Waals surface area contributed by atoms with Crippen LogP contribution in [0, 0.1) is 0 Å². The minimum Gasteiger partial charge on any atom is -0.486 e. The van der Waals surface area contributed by atoms with Crippen molar-refractivity contribution < 1.29 is 14.2 Å². The molecule has 0 spiro atoms. The molecule has 2 N–H and O–H groups in total. The summed E-state index contributed by atoms with van der Waals surface area (Å²) in [5.41, 5.74) is 1.02. The van der Waals surface area contributed by atoms with Gasteiger partial charge in [-0.1, -0.05) is 11.6 Å². The van der Waals surface area contributed by atoms with Crippen LogP contribution in [0.1, 0.15) is 24.8 Å². The summed E-state index contributed by atoms with van der Waals surface area (Å²) in [6, 6.07) is 4.20. The van der Waals surface area contributed by atoms with Crippen LogP contribution in [0.2, 0.25) is 5.02 Å². The number of hydrogen-bond acceptors (Lipinski definition) is 4. The Bertz CT molecular complexity index is 658. The number of fused-ring (bicyclic) bond motifs is 3. The maximum Gasteiger partial charge on any atom is 0.191 e. The predicted molar refractivity (Wildman–Crippen MR) is 107 cm³/mol. The molecule has 3 atom stereocenters. The molecule has 0 radical (unpaired) electrons. The molecule has 2 bridgehead atoms. The molecule has 0 aromatic heterocycles. The summed E-state index contributed by atoms with van der Waals surface area (Å²) in [6.07, 6.45) is 4.11. The molecule has 0 saturated carbocycles. The van der Waals surface area contributed by atoms with Crippen molar-refractivity contribution in [1.29, 1.82) is 0 Å². The fraction of sp³-hybridized carbons (Fsp3) is 0.588. The third-order valence-corrected chi connectivity index (χ3v) is 5.05. The number of hydrogen-bond donors (Lipinski definition) is 2. The van der Waals surface area contributed by atoms with E-state index in [1.54, 1.807) is 7.05 Å². The molecule has 0 aliphatic carbocycles. The third kappa shape index (κ3) is 4.09. The molecule has 1 aromatic rings. The van der Waals surface area contributed by atoms with Crippen LogP contribution in [0.4, 0.5) is 0 Å². The van der Waals surface area contributed by atoms with Crippen molar-refractivity contribution in [2.45, 2.75) is 44.1 Å². The molecule has 6 nitrogen and oxygen atoms in total. The van der Waals surface area contributed by atoms with E-state index in [0.29, 0.717) is 54.5 Å². The fourth-order valence-corrected chi connectivity index (χ4v) is 3.90. The van der Waals surface area contributed by atoms with Gasteiger partial charge in [-0.25, -0.2) is 0 Å². The molecule has 8 heteroatoms.